The lowest BCUT2D eigenvalue weighted by atomic mass is 10.3. The standard InChI is InChI=1S/C18H21N3O8S2/c1-28-14-7-8-16(29-2)18(13-14)31(26,27)20-11-9-19(10-12-20)30(24,25)17-6-4-3-5-15(17)21(22)23/h3-8,13H,9-12H2,1-2H3. The molecule has 1 heterocycles. The predicted octanol–water partition coefficient (Wildman–Crippen LogP) is 1.31. The molecule has 0 saturated carbocycles. The van der Waals surface area contributed by atoms with Crippen LogP contribution in [0.2, 0.25) is 0 Å². The molecule has 0 atom stereocenters. The highest BCUT2D eigenvalue weighted by molar-refractivity contribution is 7.89. The van der Waals surface area contributed by atoms with E-state index in [9.17, 15) is 26.9 Å². The number of rotatable bonds is 7. The van der Waals surface area contributed by atoms with Gasteiger partial charge >= 0.3 is 0 Å². The largest absolute Gasteiger partial charge is 0.497 e. The third-order valence-corrected chi connectivity index (χ3v) is 8.73. The van der Waals surface area contributed by atoms with Crippen molar-refractivity contribution in [1.29, 1.82) is 0 Å². The van der Waals surface area contributed by atoms with Crippen molar-refractivity contribution >= 4 is 25.7 Å². The van der Waals surface area contributed by atoms with Gasteiger partial charge in [0.05, 0.1) is 19.1 Å². The van der Waals surface area contributed by atoms with E-state index in [0.29, 0.717) is 5.75 Å². The molecule has 1 fully saturated rings. The van der Waals surface area contributed by atoms with Crippen molar-refractivity contribution in [3.8, 4) is 11.5 Å². The SMILES string of the molecule is COc1ccc(OC)c(S(=O)(=O)N2CCN(S(=O)(=O)c3ccccc3[N+](=O)[O-])CC2)c1. The Balaban J connectivity index is 1.85. The number of nitro groups is 1. The Morgan fingerprint density at radius 3 is 1.90 bits per heavy atom. The molecule has 2 aromatic carbocycles. The Hall–Kier alpha value is -2.74. The molecule has 13 heteroatoms. The number of nitrogens with zero attached hydrogens (tertiary/aromatic N) is 3. The molecule has 0 aromatic heterocycles. The summed E-state index contributed by atoms with van der Waals surface area (Å²) in [7, 11) is -5.41. The summed E-state index contributed by atoms with van der Waals surface area (Å²) in [5, 5.41) is 11.2. The average molecular weight is 472 g/mol. The first-order valence-corrected chi connectivity index (χ1v) is 12.0. The van der Waals surface area contributed by atoms with Crippen LogP contribution in [0.4, 0.5) is 5.69 Å². The summed E-state index contributed by atoms with van der Waals surface area (Å²) in [6, 6.07) is 9.43. The fourth-order valence-electron chi connectivity index (χ4n) is 3.24. The molecule has 168 valence electrons. The summed E-state index contributed by atoms with van der Waals surface area (Å²) < 4.78 is 64.6. The zero-order chi connectivity index (χ0) is 22.8. The maximum atomic E-state index is 13.1. The van der Waals surface area contributed by atoms with Gasteiger partial charge in [-0.2, -0.15) is 8.61 Å². The molecule has 31 heavy (non-hydrogen) atoms. The minimum Gasteiger partial charge on any atom is -0.497 e. The second-order valence-corrected chi connectivity index (χ2v) is 10.4. The predicted molar refractivity (Wildman–Crippen MR) is 110 cm³/mol. The second kappa shape index (κ2) is 8.78. The minimum atomic E-state index is -4.17. The number of ether oxygens (including phenoxy) is 2. The van der Waals surface area contributed by atoms with Crippen molar-refractivity contribution in [3.63, 3.8) is 0 Å². The van der Waals surface area contributed by atoms with E-state index in [1.807, 2.05) is 0 Å². The van der Waals surface area contributed by atoms with Crippen LogP contribution in [0.5, 0.6) is 11.5 Å². The highest BCUT2D eigenvalue weighted by Crippen LogP contribution is 2.32. The van der Waals surface area contributed by atoms with Gasteiger partial charge in [-0.3, -0.25) is 10.1 Å². The molecular formula is C18H21N3O8S2. The van der Waals surface area contributed by atoms with E-state index in [4.69, 9.17) is 9.47 Å². The summed E-state index contributed by atoms with van der Waals surface area (Å²) in [5.41, 5.74) is -0.529. The first-order chi connectivity index (χ1) is 14.6. The maximum absolute atomic E-state index is 13.1. The van der Waals surface area contributed by atoms with Crippen LogP contribution in [-0.2, 0) is 20.0 Å². The van der Waals surface area contributed by atoms with Crippen LogP contribution in [0.15, 0.2) is 52.3 Å². The van der Waals surface area contributed by atoms with Crippen LogP contribution in [0.3, 0.4) is 0 Å². The summed E-state index contributed by atoms with van der Waals surface area (Å²) in [5.74, 6) is 0.465. The van der Waals surface area contributed by atoms with Gasteiger partial charge in [-0.05, 0) is 18.2 Å². The van der Waals surface area contributed by atoms with Crippen LogP contribution >= 0.6 is 0 Å². The molecule has 3 rings (SSSR count). The summed E-state index contributed by atoms with van der Waals surface area (Å²) in [4.78, 5) is 9.94. The van der Waals surface area contributed by atoms with Crippen molar-refractivity contribution in [3.05, 3.63) is 52.6 Å². The number of sulfonamides is 2. The molecule has 1 aliphatic heterocycles. The molecule has 0 bridgehead atoms. The molecule has 0 unspecified atom stereocenters. The lowest BCUT2D eigenvalue weighted by Crippen LogP contribution is -2.50. The number of benzene rings is 2. The molecule has 0 amide bonds. The molecule has 0 N–H and O–H groups in total. The molecule has 0 radical (unpaired) electrons. The third kappa shape index (κ3) is 4.35. The molecule has 0 aliphatic carbocycles. The van der Waals surface area contributed by atoms with Crippen molar-refractivity contribution in [2.45, 2.75) is 9.79 Å². The molecular weight excluding hydrogens is 450 g/mol. The Morgan fingerprint density at radius 1 is 0.839 bits per heavy atom. The smallest absolute Gasteiger partial charge is 0.289 e. The summed E-state index contributed by atoms with van der Waals surface area (Å²) >= 11 is 0. The number of nitro benzene ring substituents is 1. The zero-order valence-corrected chi connectivity index (χ0v) is 18.4. The van der Waals surface area contributed by atoms with Crippen LogP contribution in [0.1, 0.15) is 0 Å². The summed E-state index contributed by atoms with van der Waals surface area (Å²) in [6.07, 6.45) is 0. The van der Waals surface area contributed by atoms with Gasteiger partial charge < -0.3 is 9.47 Å². The molecule has 2 aromatic rings. The van der Waals surface area contributed by atoms with E-state index in [1.54, 1.807) is 6.07 Å². The van der Waals surface area contributed by atoms with Crippen LogP contribution in [0, 0.1) is 10.1 Å². The van der Waals surface area contributed by atoms with Gasteiger partial charge in [0.25, 0.3) is 5.69 Å². The van der Waals surface area contributed by atoms with Gasteiger partial charge in [-0.1, -0.05) is 12.1 Å². The monoisotopic (exact) mass is 471 g/mol. The third-order valence-electron chi connectivity index (χ3n) is 4.87. The Labute approximate surface area is 180 Å². The van der Waals surface area contributed by atoms with Crippen LogP contribution in [0.25, 0.3) is 0 Å². The zero-order valence-electron chi connectivity index (χ0n) is 16.8. The van der Waals surface area contributed by atoms with E-state index in [-0.39, 0.29) is 36.8 Å². The second-order valence-electron chi connectivity index (χ2n) is 6.55. The fraction of sp³-hybridized carbons (Fsp3) is 0.333. The lowest BCUT2D eigenvalue weighted by Gasteiger charge is -2.33. The van der Waals surface area contributed by atoms with Crippen LogP contribution < -0.4 is 9.47 Å². The van der Waals surface area contributed by atoms with Crippen molar-refractivity contribution < 1.29 is 31.2 Å². The number of hydrogen-bond acceptors (Lipinski definition) is 8. The molecule has 1 saturated heterocycles. The van der Waals surface area contributed by atoms with Crippen LogP contribution in [-0.4, -0.2) is 70.8 Å². The van der Waals surface area contributed by atoms with Gasteiger partial charge in [0, 0.05) is 38.3 Å². The van der Waals surface area contributed by atoms with Gasteiger partial charge in [-0.15, -0.1) is 0 Å². The van der Waals surface area contributed by atoms with E-state index in [0.717, 1.165) is 20.7 Å². The van der Waals surface area contributed by atoms with Crippen molar-refractivity contribution in [2.75, 3.05) is 40.4 Å². The van der Waals surface area contributed by atoms with Crippen molar-refractivity contribution in [2.24, 2.45) is 0 Å². The number of hydrogen-bond donors (Lipinski definition) is 0. The first kappa shape index (κ1) is 22.9. The Kier molecular flexibility index (Phi) is 6.50. The number of methoxy groups -OCH3 is 2. The Morgan fingerprint density at radius 2 is 1.39 bits per heavy atom. The lowest BCUT2D eigenvalue weighted by molar-refractivity contribution is -0.387. The van der Waals surface area contributed by atoms with E-state index >= 15 is 0 Å². The Bertz CT molecular complexity index is 1190. The van der Waals surface area contributed by atoms with E-state index < -0.39 is 35.6 Å². The topological polar surface area (TPSA) is 136 Å². The van der Waals surface area contributed by atoms with Gasteiger partial charge in [0.2, 0.25) is 20.0 Å². The first-order valence-electron chi connectivity index (χ1n) is 9.08. The quantitative estimate of drug-likeness (QED) is 0.435. The molecule has 11 nitrogen and oxygen atoms in total. The maximum Gasteiger partial charge on any atom is 0.289 e. The number of piperazine rings is 1. The van der Waals surface area contributed by atoms with Gasteiger partial charge in [0.15, 0.2) is 4.90 Å². The average Bonchev–Trinajstić information content (AvgIpc) is 2.78. The highest BCUT2D eigenvalue weighted by atomic mass is 32.2. The van der Waals surface area contributed by atoms with Crippen molar-refractivity contribution in [1.82, 2.24) is 8.61 Å². The fourth-order valence-corrected chi connectivity index (χ4v) is 6.41. The minimum absolute atomic E-state index is 0.0932. The molecule has 1 aliphatic rings. The number of para-hydroxylation sites is 1. The van der Waals surface area contributed by atoms with Gasteiger partial charge in [-0.25, -0.2) is 16.8 Å². The van der Waals surface area contributed by atoms with Gasteiger partial charge in [0.1, 0.15) is 16.4 Å². The van der Waals surface area contributed by atoms with E-state index in [2.05, 4.69) is 0 Å². The normalized spacial score (nSPS) is 16.1. The van der Waals surface area contributed by atoms with E-state index in [1.165, 1.54) is 38.5 Å². The summed E-state index contributed by atoms with van der Waals surface area (Å²) in [6.45, 7) is -0.551. The molecule has 0 spiro atoms. The highest BCUT2D eigenvalue weighted by Gasteiger charge is 2.37.